The van der Waals surface area contributed by atoms with Gasteiger partial charge in [-0.2, -0.15) is 0 Å². The molecule has 2 fully saturated rings. The second-order valence-corrected chi connectivity index (χ2v) is 5.06. The van der Waals surface area contributed by atoms with Gasteiger partial charge < -0.3 is 15.2 Å². The highest BCUT2D eigenvalue weighted by atomic mass is 16.5. The molecule has 4 nitrogen and oxygen atoms in total. The van der Waals surface area contributed by atoms with E-state index in [4.69, 9.17) is 15.2 Å². The van der Waals surface area contributed by atoms with E-state index >= 15 is 0 Å². The van der Waals surface area contributed by atoms with Crippen LogP contribution in [0.1, 0.15) is 25.7 Å². The van der Waals surface area contributed by atoms with Crippen LogP contribution in [0.25, 0.3) is 0 Å². The zero-order valence-corrected chi connectivity index (χ0v) is 10.3. The van der Waals surface area contributed by atoms with E-state index in [0.29, 0.717) is 6.10 Å². The predicted molar refractivity (Wildman–Crippen MR) is 63.4 cm³/mol. The van der Waals surface area contributed by atoms with E-state index in [-0.39, 0.29) is 5.54 Å². The van der Waals surface area contributed by atoms with E-state index in [0.717, 1.165) is 45.8 Å². The molecule has 0 bridgehead atoms. The van der Waals surface area contributed by atoms with Crippen LogP contribution in [0.15, 0.2) is 0 Å². The van der Waals surface area contributed by atoms with Gasteiger partial charge in [0, 0.05) is 38.4 Å². The fourth-order valence-electron chi connectivity index (χ4n) is 2.78. The van der Waals surface area contributed by atoms with Crippen LogP contribution in [0, 0.1) is 0 Å². The number of nitrogens with two attached hydrogens (primary N) is 1. The van der Waals surface area contributed by atoms with Crippen molar-refractivity contribution < 1.29 is 9.47 Å². The maximum Gasteiger partial charge on any atom is 0.0702 e. The summed E-state index contributed by atoms with van der Waals surface area (Å²) < 4.78 is 11.1. The monoisotopic (exact) mass is 228 g/mol. The number of likely N-dealkylation sites (N-methyl/N-ethyl adjacent to an activating group) is 1. The molecule has 16 heavy (non-hydrogen) atoms. The van der Waals surface area contributed by atoms with Gasteiger partial charge in [-0.25, -0.2) is 0 Å². The van der Waals surface area contributed by atoms with Gasteiger partial charge in [-0.1, -0.05) is 0 Å². The van der Waals surface area contributed by atoms with E-state index in [1.807, 2.05) is 0 Å². The van der Waals surface area contributed by atoms with Crippen molar-refractivity contribution in [2.75, 3.05) is 40.0 Å². The topological polar surface area (TPSA) is 47.7 Å². The van der Waals surface area contributed by atoms with Crippen LogP contribution < -0.4 is 5.73 Å². The fourth-order valence-corrected chi connectivity index (χ4v) is 2.78. The normalized spacial score (nSPS) is 29.8. The van der Waals surface area contributed by atoms with Crippen LogP contribution in [-0.2, 0) is 9.47 Å². The van der Waals surface area contributed by atoms with Crippen molar-refractivity contribution >= 4 is 0 Å². The molecule has 0 amide bonds. The van der Waals surface area contributed by atoms with Crippen LogP contribution in [0.2, 0.25) is 0 Å². The van der Waals surface area contributed by atoms with Gasteiger partial charge in [0.1, 0.15) is 0 Å². The van der Waals surface area contributed by atoms with Gasteiger partial charge in [-0.15, -0.1) is 0 Å². The van der Waals surface area contributed by atoms with Crippen LogP contribution in [-0.4, -0.2) is 56.5 Å². The lowest BCUT2D eigenvalue weighted by Gasteiger charge is -2.44. The maximum atomic E-state index is 5.98. The highest BCUT2D eigenvalue weighted by Crippen LogP contribution is 2.27. The molecule has 0 saturated carbocycles. The van der Waals surface area contributed by atoms with Crippen LogP contribution in [0.4, 0.5) is 0 Å². The van der Waals surface area contributed by atoms with E-state index in [1.165, 1.54) is 12.8 Å². The van der Waals surface area contributed by atoms with Gasteiger partial charge in [0.05, 0.1) is 6.10 Å². The van der Waals surface area contributed by atoms with Gasteiger partial charge >= 0.3 is 0 Å². The van der Waals surface area contributed by atoms with Crippen molar-refractivity contribution in [3.8, 4) is 0 Å². The number of hydrogen-bond donors (Lipinski definition) is 1. The molecule has 2 rings (SSSR count). The molecule has 2 saturated heterocycles. The molecular formula is C12H24N2O2. The van der Waals surface area contributed by atoms with E-state index in [1.54, 1.807) is 0 Å². The zero-order valence-electron chi connectivity index (χ0n) is 10.3. The highest BCUT2D eigenvalue weighted by molar-refractivity contribution is 4.93. The minimum Gasteiger partial charge on any atom is -0.381 e. The average Bonchev–Trinajstić information content (AvgIpc) is 2.82. The molecule has 0 aromatic rings. The Balaban J connectivity index is 1.91. The summed E-state index contributed by atoms with van der Waals surface area (Å²) in [5.74, 6) is 0. The first-order valence-corrected chi connectivity index (χ1v) is 6.37. The molecule has 2 heterocycles. The molecule has 4 heteroatoms. The van der Waals surface area contributed by atoms with Crippen molar-refractivity contribution in [1.82, 2.24) is 4.90 Å². The number of rotatable bonds is 4. The van der Waals surface area contributed by atoms with E-state index < -0.39 is 0 Å². The quantitative estimate of drug-likeness (QED) is 0.765. The fraction of sp³-hybridized carbons (Fsp3) is 1.00. The summed E-state index contributed by atoms with van der Waals surface area (Å²) in [7, 11) is 2.18. The molecule has 94 valence electrons. The summed E-state index contributed by atoms with van der Waals surface area (Å²) >= 11 is 0. The van der Waals surface area contributed by atoms with Crippen molar-refractivity contribution in [2.24, 2.45) is 5.73 Å². The van der Waals surface area contributed by atoms with Gasteiger partial charge in [-0.05, 0) is 32.7 Å². The average molecular weight is 228 g/mol. The lowest BCUT2D eigenvalue weighted by Crippen LogP contribution is -2.56. The first-order chi connectivity index (χ1) is 7.77. The molecule has 0 radical (unpaired) electrons. The zero-order chi connectivity index (χ0) is 11.4. The highest BCUT2D eigenvalue weighted by Gasteiger charge is 2.36. The smallest absolute Gasteiger partial charge is 0.0702 e. The minimum atomic E-state index is 0.143. The summed E-state index contributed by atoms with van der Waals surface area (Å²) in [6.45, 7) is 4.34. The molecule has 0 aliphatic carbocycles. The lowest BCUT2D eigenvalue weighted by atomic mass is 9.88. The first-order valence-electron chi connectivity index (χ1n) is 6.37. The van der Waals surface area contributed by atoms with E-state index in [2.05, 4.69) is 11.9 Å². The van der Waals surface area contributed by atoms with Crippen LogP contribution in [0.5, 0.6) is 0 Å². The standard InChI is InChI=1S/C12H24N2O2/c1-14(9-11-3-2-6-16-11)12(10-13)4-7-15-8-5-12/h11H,2-10,13H2,1H3. The lowest BCUT2D eigenvalue weighted by molar-refractivity contribution is -0.0318. The number of hydrogen-bond acceptors (Lipinski definition) is 4. The molecule has 1 unspecified atom stereocenters. The SMILES string of the molecule is CN(CC1CCCO1)C1(CN)CCOCC1. The number of ether oxygens (including phenoxy) is 2. The Hall–Kier alpha value is -0.160. The molecule has 0 aromatic heterocycles. The second-order valence-electron chi connectivity index (χ2n) is 5.06. The van der Waals surface area contributed by atoms with Crippen molar-refractivity contribution in [1.29, 1.82) is 0 Å². The van der Waals surface area contributed by atoms with Crippen LogP contribution >= 0.6 is 0 Å². The van der Waals surface area contributed by atoms with Gasteiger partial charge in [-0.3, -0.25) is 4.90 Å². The van der Waals surface area contributed by atoms with Crippen molar-refractivity contribution in [3.63, 3.8) is 0 Å². The van der Waals surface area contributed by atoms with Gasteiger partial charge in [0.2, 0.25) is 0 Å². The Morgan fingerprint density at radius 2 is 2.06 bits per heavy atom. The summed E-state index contributed by atoms with van der Waals surface area (Å²) in [6.07, 6.45) is 4.91. The molecule has 2 aliphatic rings. The summed E-state index contributed by atoms with van der Waals surface area (Å²) in [4.78, 5) is 2.41. The third-order valence-corrected chi connectivity index (χ3v) is 4.11. The predicted octanol–water partition coefficient (Wildman–Crippen LogP) is 0.605. The maximum absolute atomic E-state index is 5.98. The van der Waals surface area contributed by atoms with Gasteiger partial charge in [0.25, 0.3) is 0 Å². The second kappa shape index (κ2) is 5.45. The Kier molecular flexibility index (Phi) is 4.19. The summed E-state index contributed by atoms with van der Waals surface area (Å²) in [5.41, 5.74) is 6.12. The van der Waals surface area contributed by atoms with E-state index in [9.17, 15) is 0 Å². The number of nitrogens with zero attached hydrogens (tertiary/aromatic N) is 1. The van der Waals surface area contributed by atoms with Crippen molar-refractivity contribution in [2.45, 2.75) is 37.3 Å². The Morgan fingerprint density at radius 1 is 1.31 bits per heavy atom. The molecule has 2 N–H and O–H groups in total. The Bertz CT molecular complexity index is 211. The molecule has 1 atom stereocenters. The molecule has 0 aromatic carbocycles. The van der Waals surface area contributed by atoms with Crippen LogP contribution in [0.3, 0.4) is 0 Å². The van der Waals surface area contributed by atoms with Gasteiger partial charge in [0.15, 0.2) is 0 Å². The Morgan fingerprint density at radius 3 is 2.62 bits per heavy atom. The Labute approximate surface area is 98.1 Å². The molecule has 2 aliphatic heterocycles. The third-order valence-electron chi connectivity index (χ3n) is 4.11. The summed E-state index contributed by atoms with van der Waals surface area (Å²) in [5, 5.41) is 0. The third kappa shape index (κ3) is 2.56. The molecule has 0 spiro atoms. The first kappa shape index (κ1) is 12.3. The molecular weight excluding hydrogens is 204 g/mol. The largest absolute Gasteiger partial charge is 0.381 e. The summed E-state index contributed by atoms with van der Waals surface area (Å²) in [6, 6.07) is 0. The van der Waals surface area contributed by atoms with Crippen molar-refractivity contribution in [3.05, 3.63) is 0 Å². The minimum absolute atomic E-state index is 0.143.